The van der Waals surface area contributed by atoms with Gasteiger partial charge in [-0.15, -0.1) is 0 Å². The predicted molar refractivity (Wildman–Crippen MR) is 72.2 cm³/mol. The van der Waals surface area contributed by atoms with E-state index >= 15 is 0 Å². The van der Waals surface area contributed by atoms with Gasteiger partial charge in [0.15, 0.2) is 5.76 Å². The first-order chi connectivity index (χ1) is 9.65. The Hall–Kier alpha value is -2.30. The number of furan rings is 1. The second-order valence-corrected chi connectivity index (χ2v) is 5.64. The third-order valence-corrected chi connectivity index (χ3v) is 4.15. The zero-order chi connectivity index (χ0) is 13.7. The Morgan fingerprint density at radius 3 is 2.80 bits per heavy atom. The van der Waals surface area contributed by atoms with Gasteiger partial charge < -0.3 is 14.6 Å². The highest BCUT2D eigenvalue weighted by atomic mass is 16.3. The van der Waals surface area contributed by atoms with Crippen LogP contribution < -0.4 is 5.32 Å². The molecule has 1 N–H and O–H groups in total. The van der Waals surface area contributed by atoms with Crippen molar-refractivity contribution in [3.8, 4) is 0 Å². The number of para-hydroxylation sites is 1. The van der Waals surface area contributed by atoms with E-state index in [2.05, 4.69) is 5.32 Å². The zero-order valence-corrected chi connectivity index (χ0v) is 10.9. The maximum Gasteiger partial charge on any atom is 0.289 e. The van der Waals surface area contributed by atoms with Crippen molar-refractivity contribution in [2.75, 3.05) is 13.1 Å². The molecule has 0 bridgehead atoms. The number of carbonyl (C=O) groups excluding carboxylic acids is 2. The predicted octanol–water partition coefficient (Wildman–Crippen LogP) is 1.54. The van der Waals surface area contributed by atoms with E-state index in [1.54, 1.807) is 11.0 Å². The van der Waals surface area contributed by atoms with Gasteiger partial charge in [0.05, 0.1) is 5.54 Å². The summed E-state index contributed by atoms with van der Waals surface area (Å²) in [4.78, 5) is 25.3. The molecule has 0 unspecified atom stereocenters. The lowest BCUT2D eigenvalue weighted by Gasteiger charge is -2.47. The minimum atomic E-state index is -0.182. The maximum absolute atomic E-state index is 12.3. The monoisotopic (exact) mass is 270 g/mol. The SMILES string of the molecule is O=C1CCC2(CN(C(=O)c3cc4ccccc4o3)C2)N1. The minimum absolute atomic E-state index is 0.0841. The number of hydrogen-bond donors (Lipinski definition) is 1. The largest absolute Gasteiger partial charge is 0.451 e. The van der Waals surface area contributed by atoms with Crippen molar-refractivity contribution >= 4 is 22.8 Å². The highest BCUT2D eigenvalue weighted by molar-refractivity contribution is 5.97. The number of fused-ring (bicyclic) bond motifs is 1. The number of amides is 2. The van der Waals surface area contributed by atoms with E-state index in [0.717, 1.165) is 17.4 Å². The summed E-state index contributed by atoms with van der Waals surface area (Å²) in [6, 6.07) is 9.34. The highest BCUT2D eigenvalue weighted by Crippen LogP contribution is 2.32. The quantitative estimate of drug-likeness (QED) is 0.855. The topological polar surface area (TPSA) is 62.6 Å². The number of rotatable bonds is 1. The summed E-state index contributed by atoms with van der Waals surface area (Å²) in [6.07, 6.45) is 1.38. The van der Waals surface area contributed by atoms with Gasteiger partial charge in [-0.05, 0) is 18.6 Å². The van der Waals surface area contributed by atoms with Crippen LogP contribution in [0.3, 0.4) is 0 Å². The van der Waals surface area contributed by atoms with E-state index < -0.39 is 0 Å². The van der Waals surface area contributed by atoms with Crippen LogP contribution in [-0.4, -0.2) is 35.3 Å². The Morgan fingerprint density at radius 1 is 1.30 bits per heavy atom. The molecule has 0 atom stereocenters. The molecule has 20 heavy (non-hydrogen) atoms. The van der Waals surface area contributed by atoms with Crippen LogP contribution in [0.4, 0.5) is 0 Å². The number of nitrogens with one attached hydrogen (secondary N) is 1. The lowest BCUT2D eigenvalue weighted by Crippen LogP contribution is -2.68. The summed E-state index contributed by atoms with van der Waals surface area (Å²) in [7, 11) is 0. The van der Waals surface area contributed by atoms with Crippen LogP contribution in [0.15, 0.2) is 34.7 Å². The van der Waals surface area contributed by atoms with E-state index in [9.17, 15) is 9.59 Å². The fourth-order valence-corrected chi connectivity index (χ4v) is 3.08. The molecule has 4 rings (SSSR count). The summed E-state index contributed by atoms with van der Waals surface area (Å²) in [6.45, 7) is 1.16. The van der Waals surface area contributed by atoms with Crippen LogP contribution in [0, 0.1) is 0 Å². The first kappa shape index (κ1) is 11.5. The lowest BCUT2D eigenvalue weighted by molar-refractivity contribution is -0.120. The molecular formula is C15H14N2O3. The Bertz CT molecular complexity index is 680. The standard InChI is InChI=1S/C15H14N2O3/c18-13-5-6-15(16-13)8-17(9-15)14(19)12-7-10-3-1-2-4-11(10)20-12/h1-4,7H,5-6,8-9H2,(H,16,18). The molecule has 0 saturated carbocycles. The van der Waals surface area contributed by atoms with E-state index in [1.165, 1.54) is 0 Å². The molecule has 2 amide bonds. The van der Waals surface area contributed by atoms with E-state index in [4.69, 9.17) is 4.42 Å². The molecular weight excluding hydrogens is 256 g/mol. The van der Waals surface area contributed by atoms with Gasteiger partial charge in [-0.2, -0.15) is 0 Å². The van der Waals surface area contributed by atoms with Gasteiger partial charge in [-0.25, -0.2) is 0 Å². The van der Waals surface area contributed by atoms with E-state index in [-0.39, 0.29) is 17.4 Å². The summed E-state index contributed by atoms with van der Waals surface area (Å²) < 4.78 is 5.58. The summed E-state index contributed by atoms with van der Waals surface area (Å²) in [5.74, 6) is 0.346. The van der Waals surface area contributed by atoms with Crippen molar-refractivity contribution < 1.29 is 14.0 Å². The smallest absolute Gasteiger partial charge is 0.289 e. The second kappa shape index (κ2) is 3.85. The van der Waals surface area contributed by atoms with E-state index in [0.29, 0.717) is 25.3 Å². The fourth-order valence-electron chi connectivity index (χ4n) is 3.08. The number of likely N-dealkylation sites (tertiary alicyclic amines) is 1. The summed E-state index contributed by atoms with van der Waals surface area (Å²) in [5, 5.41) is 3.90. The Kier molecular flexibility index (Phi) is 2.22. The second-order valence-electron chi connectivity index (χ2n) is 5.64. The van der Waals surface area contributed by atoms with Crippen molar-refractivity contribution in [3.63, 3.8) is 0 Å². The fraction of sp³-hybridized carbons (Fsp3) is 0.333. The molecule has 2 aliphatic rings. The summed E-state index contributed by atoms with van der Waals surface area (Å²) in [5.41, 5.74) is 0.541. The van der Waals surface area contributed by atoms with Crippen molar-refractivity contribution in [1.29, 1.82) is 0 Å². The molecule has 2 aliphatic heterocycles. The number of benzene rings is 1. The Balaban J connectivity index is 1.53. The van der Waals surface area contributed by atoms with Crippen molar-refractivity contribution in [2.24, 2.45) is 0 Å². The molecule has 3 heterocycles. The van der Waals surface area contributed by atoms with Crippen molar-refractivity contribution in [3.05, 3.63) is 36.1 Å². The van der Waals surface area contributed by atoms with Crippen LogP contribution in [0.1, 0.15) is 23.4 Å². The molecule has 5 nitrogen and oxygen atoms in total. The van der Waals surface area contributed by atoms with Crippen LogP contribution in [0.25, 0.3) is 11.0 Å². The van der Waals surface area contributed by atoms with Gasteiger partial charge in [-0.3, -0.25) is 9.59 Å². The lowest BCUT2D eigenvalue weighted by atomic mass is 9.88. The summed E-state index contributed by atoms with van der Waals surface area (Å²) >= 11 is 0. The molecule has 1 spiro atoms. The number of hydrogen-bond acceptors (Lipinski definition) is 3. The molecule has 0 aliphatic carbocycles. The van der Waals surface area contributed by atoms with Gasteiger partial charge in [0.2, 0.25) is 5.91 Å². The average molecular weight is 270 g/mol. The molecule has 1 aromatic carbocycles. The van der Waals surface area contributed by atoms with Crippen LogP contribution in [-0.2, 0) is 4.79 Å². The molecule has 0 radical (unpaired) electrons. The van der Waals surface area contributed by atoms with Gasteiger partial charge in [0.25, 0.3) is 5.91 Å². The highest BCUT2D eigenvalue weighted by Gasteiger charge is 2.49. The van der Waals surface area contributed by atoms with Gasteiger partial charge >= 0.3 is 0 Å². The molecule has 2 fully saturated rings. The number of nitrogens with zero attached hydrogens (tertiary/aromatic N) is 1. The first-order valence-electron chi connectivity index (χ1n) is 6.74. The first-order valence-corrected chi connectivity index (χ1v) is 6.74. The van der Waals surface area contributed by atoms with E-state index in [1.807, 2.05) is 24.3 Å². The maximum atomic E-state index is 12.3. The van der Waals surface area contributed by atoms with Gasteiger partial charge in [0, 0.05) is 24.9 Å². The van der Waals surface area contributed by atoms with Crippen molar-refractivity contribution in [1.82, 2.24) is 10.2 Å². The third kappa shape index (κ3) is 1.62. The zero-order valence-electron chi connectivity index (χ0n) is 10.9. The number of carbonyl (C=O) groups is 2. The average Bonchev–Trinajstić information content (AvgIpc) is 2.99. The van der Waals surface area contributed by atoms with Crippen LogP contribution in [0.2, 0.25) is 0 Å². The Morgan fingerprint density at radius 2 is 2.10 bits per heavy atom. The van der Waals surface area contributed by atoms with Crippen LogP contribution in [0.5, 0.6) is 0 Å². The normalized spacial score (nSPS) is 20.2. The molecule has 1 aromatic heterocycles. The molecule has 2 aromatic rings. The van der Waals surface area contributed by atoms with Crippen LogP contribution >= 0.6 is 0 Å². The molecule has 2 saturated heterocycles. The van der Waals surface area contributed by atoms with Gasteiger partial charge in [-0.1, -0.05) is 18.2 Å². The minimum Gasteiger partial charge on any atom is -0.451 e. The molecule has 5 heteroatoms. The van der Waals surface area contributed by atoms with Crippen molar-refractivity contribution in [2.45, 2.75) is 18.4 Å². The third-order valence-electron chi connectivity index (χ3n) is 4.15. The Labute approximate surface area is 115 Å². The molecule has 102 valence electrons. The van der Waals surface area contributed by atoms with Gasteiger partial charge in [0.1, 0.15) is 5.58 Å².